The van der Waals surface area contributed by atoms with Crippen molar-refractivity contribution in [3.8, 4) is 23.1 Å². The number of hydrogen-bond donors (Lipinski definition) is 0. The smallest absolute Gasteiger partial charge is 0.104 e. The largest absolute Gasteiger partial charge is 0.309 e. The number of hydrogen-bond acceptors (Lipinski definition) is 1. The molecule has 10 aromatic rings. The minimum atomic E-state index is 0.647. The quantitative estimate of drug-likeness (QED) is 0.199. The lowest BCUT2D eigenvalue weighted by Gasteiger charge is -2.14. The van der Waals surface area contributed by atoms with Gasteiger partial charge in [-0.25, -0.2) is 0 Å². The fraction of sp³-hybridized carbons (Fsp3) is 0. The van der Waals surface area contributed by atoms with E-state index in [0.717, 1.165) is 71.7 Å². The standard InChI is InChI=1S/C43H26N4/c44-27-35-39(25-23-32-30-17-7-10-20-36(30)46(42(32)35)29-15-5-2-6-16-29)47-37-21-11-8-18-31(37)33-24-26-40-41(43(33)47)34-19-9-12-22-38(34)45(40)28-13-3-1-4-14-28/h1-26H. The molecule has 7 aromatic carbocycles. The van der Waals surface area contributed by atoms with Crippen LogP contribution in [-0.4, -0.2) is 13.7 Å². The summed E-state index contributed by atoms with van der Waals surface area (Å²) in [6.07, 6.45) is 0. The highest BCUT2D eigenvalue weighted by Crippen LogP contribution is 2.44. The lowest BCUT2D eigenvalue weighted by molar-refractivity contribution is 1.14. The number of nitrogens with zero attached hydrogens (tertiary/aromatic N) is 4. The Morgan fingerprint density at radius 3 is 1.49 bits per heavy atom. The number of nitriles is 1. The van der Waals surface area contributed by atoms with Crippen LogP contribution in [0.25, 0.3) is 82.5 Å². The van der Waals surface area contributed by atoms with Gasteiger partial charge in [0.05, 0.1) is 38.8 Å². The zero-order valence-electron chi connectivity index (χ0n) is 25.3. The summed E-state index contributed by atoms with van der Waals surface area (Å²) in [5.41, 5.74) is 10.1. The number of rotatable bonds is 3. The van der Waals surface area contributed by atoms with Crippen LogP contribution in [0.1, 0.15) is 5.56 Å². The van der Waals surface area contributed by atoms with Gasteiger partial charge in [0, 0.05) is 43.7 Å². The Morgan fingerprint density at radius 1 is 0.362 bits per heavy atom. The average Bonchev–Trinajstić information content (AvgIpc) is 3.77. The highest BCUT2D eigenvalue weighted by Gasteiger charge is 2.24. The third-order valence-corrected chi connectivity index (χ3v) is 9.67. The lowest BCUT2D eigenvalue weighted by Crippen LogP contribution is -2.02. The van der Waals surface area contributed by atoms with Crippen molar-refractivity contribution in [3.63, 3.8) is 0 Å². The monoisotopic (exact) mass is 598 g/mol. The van der Waals surface area contributed by atoms with Crippen LogP contribution in [0.15, 0.2) is 158 Å². The van der Waals surface area contributed by atoms with E-state index in [1.165, 1.54) is 10.8 Å². The highest BCUT2D eigenvalue weighted by atomic mass is 15.0. The van der Waals surface area contributed by atoms with Gasteiger partial charge in [0.25, 0.3) is 0 Å². The van der Waals surface area contributed by atoms with E-state index in [1.807, 2.05) is 6.07 Å². The summed E-state index contributed by atoms with van der Waals surface area (Å²) in [6.45, 7) is 0. The molecule has 3 heterocycles. The minimum Gasteiger partial charge on any atom is -0.309 e. The molecule has 0 radical (unpaired) electrons. The molecule has 218 valence electrons. The molecule has 0 aliphatic carbocycles. The van der Waals surface area contributed by atoms with Crippen molar-refractivity contribution < 1.29 is 0 Å². The third-order valence-electron chi connectivity index (χ3n) is 9.67. The van der Waals surface area contributed by atoms with Gasteiger partial charge in [-0.15, -0.1) is 0 Å². The molecule has 0 aliphatic heterocycles. The normalized spacial score (nSPS) is 11.8. The van der Waals surface area contributed by atoms with Crippen LogP contribution in [0.5, 0.6) is 0 Å². The summed E-state index contributed by atoms with van der Waals surface area (Å²) in [4.78, 5) is 0. The molecule has 3 aromatic heterocycles. The third kappa shape index (κ3) is 3.46. The molecule has 0 unspecified atom stereocenters. The van der Waals surface area contributed by atoms with E-state index >= 15 is 0 Å². The molecule has 4 nitrogen and oxygen atoms in total. The van der Waals surface area contributed by atoms with Gasteiger partial charge >= 0.3 is 0 Å². The van der Waals surface area contributed by atoms with Gasteiger partial charge in [0.1, 0.15) is 11.6 Å². The van der Waals surface area contributed by atoms with Crippen LogP contribution in [-0.2, 0) is 0 Å². The maximum atomic E-state index is 11.1. The Kier molecular flexibility index (Phi) is 5.32. The van der Waals surface area contributed by atoms with Crippen molar-refractivity contribution in [1.29, 1.82) is 5.26 Å². The fourth-order valence-corrected chi connectivity index (χ4v) is 7.80. The van der Waals surface area contributed by atoms with Crippen LogP contribution >= 0.6 is 0 Å². The van der Waals surface area contributed by atoms with Gasteiger partial charge in [0.15, 0.2) is 0 Å². The van der Waals surface area contributed by atoms with Crippen molar-refractivity contribution in [1.82, 2.24) is 13.7 Å². The van der Waals surface area contributed by atoms with Crippen molar-refractivity contribution in [2.24, 2.45) is 0 Å². The van der Waals surface area contributed by atoms with E-state index in [9.17, 15) is 5.26 Å². The van der Waals surface area contributed by atoms with Gasteiger partial charge in [0.2, 0.25) is 0 Å². The van der Waals surface area contributed by atoms with Gasteiger partial charge in [-0.05, 0) is 54.6 Å². The molecule has 0 spiro atoms. The van der Waals surface area contributed by atoms with Crippen molar-refractivity contribution in [2.45, 2.75) is 0 Å². The Balaban J connectivity index is 1.42. The van der Waals surface area contributed by atoms with E-state index in [0.29, 0.717) is 5.56 Å². The highest BCUT2D eigenvalue weighted by molar-refractivity contribution is 6.26. The first-order valence-corrected chi connectivity index (χ1v) is 15.9. The van der Waals surface area contributed by atoms with Gasteiger partial charge in [-0.2, -0.15) is 5.26 Å². The molecule has 0 saturated heterocycles. The van der Waals surface area contributed by atoms with Crippen LogP contribution in [0, 0.1) is 11.3 Å². The van der Waals surface area contributed by atoms with Crippen LogP contribution in [0.2, 0.25) is 0 Å². The van der Waals surface area contributed by atoms with Crippen molar-refractivity contribution in [3.05, 3.63) is 163 Å². The molecule has 0 saturated carbocycles. The van der Waals surface area contributed by atoms with Crippen molar-refractivity contribution >= 4 is 65.4 Å². The van der Waals surface area contributed by atoms with E-state index < -0.39 is 0 Å². The summed E-state index contributed by atoms with van der Waals surface area (Å²) in [5.74, 6) is 0. The minimum absolute atomic E-state index is 0.647. The fourth-order valence-electron chi connectivity index (χ4n) is 7.80. The van der Waals surface area contributed by atoms with Crippen LogP contribution in [0.4, 0.5) is 0 Å². The maximum Gasteiger partial charge on any atom is 0.104 e. The summed E-state index contributed by atoms with van der Waals surface area (Å²) in [6, 6.07) is 58.1. The molecule has 0 atom stereocenters. The topological polar surface area (TPSA) is 38.6 Å². The molecule has 10 rings (SSSR count). The zero-order valence-corrected chi connectivity index (χ0v) is 25.3. The summed E-state index contributed by atoms with van der Waals surface area (Å²) in [5, 5.41) is 18.0. The SMILES string of the molecule is N#Cc1c(-n2c3ccccc3c3ccc4c(c5ccccc5n4-c4ccccc4)c32)ccc2c3ccccc3n(-c3ccccc3)c12. The lowest BCUT2D eigenvalue weighted by atomic mass is 10.1. The molecule has 47 heavy (non-hydrogen) atoms. The predicted octanol–water partition coefficient (Wildman–Crippen LogP) is 10.8. The molecular weight excluding hydrogens is 573 g/mol. The second-order valence-electron chi connectivity index (χ2n) is 12.1. The second-order valence-corrected chi connectivity index (χ2v) is 12.1. The molecule has 0 fully saturated rings. The van der Waals surface area contributed by atoms with E-state index in [-0.39, 0.29) is 0 Å². The number of fused-ring (bicyclic) bond motifs is 10. The molecule has 0 aliphatic rings. The number of benzene rings is 7. The first-order valence-electron chi connectivity index (χ1n) is 15.9. The first-order chi connectivity index (χ1) is 23.3. The van der Waals surface area contributed by atoms with Crippen molar-refractivity contribution in [2.75, 3.05) is 0 Å². The summed E-state index contributed by atoms with van der Waals surface area (Å²) >= 11 is 0. The Morgan fingerprint density at radius 2 is 0.851 bits per heavy atom. The predicted molar refractivity (Wildman–Crippen MR) is 194 cm³/mol. The number of aromatic nitrogens is 3. The Hall–Kier alpha value is -6.57. The maximum absolute atomic E-state index is 11.1. The first kappa shape index (κ1) is 25.7. The molecule has 4 heteroatoms. The van der Waals surface area contributed by atoms with E-state index in [4.69, 9.17) is 0 Å². The Bertz CT molecular complexity index is 2900. The molecule has 0 N–H and O–H groups in total. The summed E-state index contributed by atoms with van der Waals surface area (Å²) in [7, 11) is 0. The second kappa shape index (κ2) is 9.71. The van der Waals surface area contributed by atoms with E-state index in [1.54, 1.807) is 0 Å². The van der Waals surface area contributed by atoms with Crippen LogP contribution in [0.3, 0.4) is 0 Å². The van der Waals surface area contributed by atoms with Gasteiger partial charge in [-0.1, -0.05) is 103 Å². The van der Waals surface area contributed by atoms with Crippen LogP contribution < -0.4 is 0 Å². The summed E-state index contributed by atoms with van der Waals surface area (Å²) < 4.78 is 6.94. The zero-order chi connectivity index (χ0) is 31.1. The molecule has 0 bridgehead atoms. The molecule has 0 amide bonds. The average molecular weight is 599 g/mol. The van der Waals surface area contributed by atoms with Gasteiger partial charge < -0.3 is 13.7 Å². The van der Waals surface area contributed by atoms with E-state index in [2.05, 4.69) is 171 Å². The molecular formula is C43H26N4. The number of para-hydroxylation sites is 5. The van der Waals surface area contributed by atoms with Gasteiger partial charge in [-0.3, -0.25) is 0 Å². The Labute approximate surface area is 270 Å².